The first-order valence-electron chi connectivity index (χ1n) is 6.24. The number of pyridine rings is 1. The van der Waals surface area contributed by atoms with Gasteiger partial charge in [0.2, 0.25) is 0 Å². The lowest BCUT2D eigenvalue weighted by Gasteiger charge is -2.24. The molecular weight excluding hydrogens is 233 g/mol. The van der Waals surface area contributed by atoms with Crippen LogP contribution in [0.15, 0.2) is 12.3 Å². The maximum Gasteiger partial charge on any atom is 0.257 e. The molecule has 5 heteroatoms. The summed E-state index contributed by atoms with van der Waals surface area (Å²) >= 11 is 0. The zero-order valence-electron chi connectivity index (χ0n) is 10.7. The number of rotatable bonds is 3. The average molecular weight is 251 g/mol. The topological polar surface area (TPSA) is 45.2 Å². The molecule has 1 fully saturated rings. The van der Waals surface area contributed by atoms with Crippen LogP contribution in [0.3, 0.4) is 0 Å². The second-order valence-corrected chi connectivity index (χ2v) is 4.63. The molecular formula is C13H18FN3O. The second kappa shape index (κ2) is 5.33. The van der Waals surface area contributed by atoms with E-state index in [2.05, 4.69) is 10.3 Å². The summed E-state index contributed by atoms with van der Waals surface area (Å²) in [6.07, 6.45) is 5.75. The number of carbonyl (C=O) groups excluding carboxylic acids is 1. The van der Waals surface area contributed by atoms with E-state index in [0.29, 0.717) is 0 Å². The number of halogens is 1. The van der Waals surface area contributed by atoms with Gasteiger partial charge in [0.05, 0.1) is 5.56 Å². The SMILES string of the molecule is CNc1nccc(C(=O)N(C)C2CCCC2)c1F. The molecule has 98 valence electrons. The van der Waals surface area contributed by atoms with E-state index in [1.165, 1.54) is 12.3 Å². The number of carbonyl (C=O) groups is 1. The van der Waals surface area contributed by atoms with Gasteiger partial charge in [-0.05, 0) is 18.9 Å². The van der Waals surface area contributed by atoms with E-state index >= 15 is 0 Å². The van der Waals surface area contributed by atoms with Gasteiger partial charge in [-0.3, -0.25) is 4.79 Å². The molecule has 2 rings (SSSR count). The predicted octanol–water partition coefficient (Wildman–Crippen LogP) is 2.28. The number of hydrogen-bond donors (Lipinski definition) is 1. The zero-order valence-corrected chi connectivity index (χ0v) is 10.7. The van der Waals surface area contributed by atoms with Gasteiger partial charge < -0.3 is 10.2 Å². The fraction of sp³-hybridized carbons (Fsp3) is 0.538. The predicted molar refractivity (Wildman–Crippen MR) is 68.1 cm³/mol. The standard InChI is InChI=1S/C13H18FN3O/c1-15-12-11(14)10(7-8-16-12)13(18)17(2)9-5-3-4-6-9/h7-9H,3-6H2,1-2H3,(H,15,16). The van der Waals surface area contributed by atoms with E-state index in [1.807, 2.05) is 0 Å². The molecule has 1 aromatic rings. The smallest absolute Gasteiger partial charge is 0.257 e. The Morgan fingerprint density at radius 1 is 1.50 bits per heavy atom. The number of nitrogens with one attached hydrogen (secondary N) is 1. The molecule has 0 atom stereocenters. The minimum atomic E-state index is -0.574. The summed E-state index contributed by atoms with van der Waals surface area (Å²) in [7, 11) is 3.33. The minimum Gasteiger partial charge on any atom is -0.371 e. The van der Waals surface area contributed by atoms with Gasteiger partial charge in [-0.15, -0.1) is 0 Å². The van der Waals surface area contributed by atoms with Crippen molar-refractivity contribution in [3.63, 3.8) is 0 Å². The Bertz CT molecular complexity index is 444. The molecule has 1 aliphatic carbocycles. The van der Waals surface area contributed by atoms with Crippen LogP contribution in [0.5, 0.6) is 0 Å². The van der Waals surface area contributed by atoms with Crippen molar-refractivity contribution >= 4 is 11.7 Å². The molecule has 1 amide bonds. The van der Waals surface area contributed by atoms with Gasteiger partial charge in [-0.2, -0.15) is 0 Å². The van der Waals surface area contributed by atoms with E-state index in [4.69, 9.17) is 0 Å². The van der Waals surface area contributed by atoms with Crippen LogP contribution < -0.4 is 5.32 Å². The van der Waals surface area contributed by atoms with Crippen molar-refractivity contribution in [2.75, 3.05) is 19.4 Å². The maximum absolute atomic E-state index is 14.0. The highest BCUT2D eigenvalue weighted by atomic mass is 19.1. The highest BCUT2D eigenvalue weighted by Gasteiger charge is 2.26. The third-order valence-corrected chi connectivity index (χ3v) is 3.55. The first-order valence-corrected chi connectivity index (χ1v) is 6.24. The zero-order chi connectivity index (χ0) is 13.1. The third kappa shape index (κ3) is 2.30. The summed E-state index contributed by atoms with van der Waals surface area (Å²) in [5, 5.41) is 2.64. The fourth-order valence-corrected chi connectivity index (χ4v) is 2.43. The van der Waals surface area contributed by atoms with Crippen molar-refractivity contribution < 1.29 is 9.18 Å². The Labute approximate surface area is 106 Å². The summed E-state index contributed by atoms with van der Waals surface area (Å²) in [5.74, 6) is -0.728. The number of nitrogens with zero attached hydrogens (tertiary/aromatic N) is 2. The molecule has 0 aromatic carbocycles. The minimum absolute atomic E-state index is 0.0868. The van der Waals surface area contributed by atoms with Crippen molar-refractivity contribution in [2.24, 2.45) is 0 Å². The van der Waals surface area contributed by atoms with E-state index in [9.17, 15) is 9.18 Å². The van der Waals surface area contributed by atoms with Crippen LogP contribution in [0.4, 0.5) is 10.2 Å². The molecule has 0 radical (unpaired) electrons. The molecule has 0 aliphatic heterocycles. The van der Waals surface area contributed by atoms with E-state index in [1.54, 1.807) is 19.0 Å². The highest BCUT2D eigenvalue weighted by Crippen LogP contribution is 2.25. The summed E-state index contributed by atoms with van der Waals surface area (Å²) in [6.45, 7) is 0. The Kier molecular flexibility index (Phi) is 3.79. The Hall–Kier alpha value is -1.65. The van der Waals surface area contributed by atoms with Crippen molar-refractivity contribution in [1.82, 2.24) is 9.88 Å². The Balaban J connectivity index is 2.22. The van der Waals surface area contributed by atoms with Crippen molar-refractivity contribution in [3.8, 4) is 0 Å². The normalized spacial score (nSPS) is 15.7. The molecule has 0 spiro atoms. The summed E-state index contributed by atoms with van der Waals surface area (Å²) in [5.41, 5.74) is 0.0868. The van der Waals surface area contributed by atoms with Crippen molar-refractivity contribution in [2.45, 2.75) is 31.7 Å². The van der Waals surface area contributed by atoms with Crippen LogP contribution in [0.2, 0.25) is 0 Å². The van der Waals surface area contributed by atoms with Crippen LogP contribution in [0, 0.1) is 5.82 Å². The number of amides is 1. The molecule has 1 saturated carbocycles. The summed E-state index contributed by atoms with van der Waals surface area (Å²) in [6, 6.07) is 1.67. The van der Waals surface area contributed by atoms with Gasteiger partial charge in [-0.25, -0.2) is 9.37 Å². The first kappa shape index (κ1) is 12.8. The lowest BCUT2D eigenvalue weighted by atomic mass is 10.1. The van der Waals surface area contributed by atoms with Gasteiger partial charge in [0.1, 0.15) is 0 Å². The van der Waals surface area contributed by atoms with E-state index in [-0.39, 0.29) is 23.3 Å². The summed E-state index contributed by atoms with van der Waals surface area (Å²) < 4.78 is 14.0. The third-order valence-electron chi connectivity index (χ3n) is 3.55. The monoisotopic (exact) mass is 251 g/mol. The molecule has 1 aliphatic rings. The lowest BCUT2D eigenvalue weighted by Crippen LogP contribution is -2.35. The molecule has 1 aromatic heterocycles. The van der Waals surface area contributed by atoms with Crippen molar-refractivity contribution in [1.29, 1.82) is 0 Å². The molecule has 0 bridgehead atoms. The van der Waals surface area contributed by atoms with Crippen LogP contribution >= 0.6 is 0 Å². The number of hydrogen-bond acceptors (Lipinski definition) is 3. The van der Waals surface area contributed by atoms with E-state index in [0.717, 1.165) is 25.7 Å². The first-order chi connectivity index (χ1) is 8.65. The lowest BCUT2D eigenvalue weighted by molar-refractivity contribution is 0.0730. The molecule has 1 heterocycles. The maximum atomic E-state index is 14.0. The highest BCUT2D eigenvalue weighted by molar-refractivity contribution is 5.95. The van der Waals surface area contributed by atoms with Crippen LogP contribution in [-0.4, -0.2) is 35.9 Å². The second-order valence-electron chi connectivity index (χ2n) is 4.63. The van der Waals surface area contributed by atoms with Gasteiger partial charge in [0.25, 0.3) is 5.91 Å². The van der Waals surface area contributed by atoms with Crippen molar-refractivity contribution in [3.05, 3.63) is 23.6 Å². The molecule has 0 unspecified atom stereocenters. The fourth-order valence-electron chi connectivity index (χ4n) is 2.43. The largest absolute Gasteiger partial charge is 0.371 e. The number of anilines is 1. The molecule has 0 saturated heterocycles. The van der Waals surface area contributed by atoms with Crippen LogP contribution in [-0.2, 0) is 0 Å². The molecule has 18 heavy (non-hydrogen) atoms. The van der Waals surface area contributed by atoms with Gasteiger partial charge >= 0.3 is 0 Å². The number of aromatic nitrogens is 1. The Morgan fingerprint density at radius 2 is 2.17 bits per heavy atom. The molecule has 1 N–H and O–H groups in total. The molecule has 4 nitrogen and oxygen atoms in total. The van der Waals surface area contributed by atoms with Crippen LogP contribution in [0.1, 0.15) is 36.0 Å². The summed E-state index contributed by atoms with van der Waals surface area (Å²) in [4.78, 5) is 17.7. The quantitative estimate of drug-likeness (QED) is 0.896. The van der Waals surface area contributed by atoms with Gasteiger partial charge in [-0.1, -0.05) is 12.8 Å². The van der Waals surface area contributed by atoms with Crippen LogP contribution in [0.25, 0.3) is 0 Å². The average Bonchev–Trinajstić information content (AvgIpc) is 2.91. The van der Waals surface area contributed by atoms with Gasteiger partial charge in [0.15, 0.2) is 11.6 Å². The van der Waals surface area contributed by atoms with E-state index < -0.39 is 5.82 Å². The Morgan fingerprint density at radius 3 is 2.78 bits per heavy atom. The van der Waals surface area contributed by atoms with Gasteiger partial charge in [0, 0.05) is 26.3 Å².